The van der Waals surface area contributed by atoms with Crippen LogP contribution in [0.4, 0.5) is 4.79 Å². The Labute approximate surface area is 132 Å². The minimum Gasteiger partial charge on any atom is -0.478 e. The number of hydrogen-bond acceptors (Lipinski definition) is 7. The summed E-state index contributed by atoms with van der Waals surface area (Å²) in [4.78, 5) is 24.1. The predicted octanol–water partition coefficient (Wildman–Crippen LogP) is -0.881. The van der Waals surface area contributed by atoms with E-state index in [0.717, 1.165) is 0 Å². The van der Waals surface area contributed by atoms with Gasteiger partial charge in [-0.05, 0) is 12.8 Å². The lowest BCUT2D eigenvalue weighted by Gasteiger charge is -2.30. The minimum atomic E-state index is -4.79. The molecule has 2 aliphatic heterocycles. The van der Waals surface area contributed by atoms with Crippen LogP contribution in [0, 0.1) is 5.41 Å². The fraction of sp³-hybridized carbons (Fsp3) is 0.727. The Morgan fingerprint density at radius 2 is 2.17 bits per heavy atom. The average Bonchev–Trinajstić information content (AvgIpc) is 2.67. The molecule has 2 atom stereocenters. The molecule has 0 aliphatic carbocycles. The highest BCUT2D eigenvalue weighted by Crippen LogP contribution is 2.31. The summed E-state index contributed by atoms with van der Waals surface area (Å²) in [5.41, 5.74) is 0. The van der Waals surface area contributed by atoms with E-state index in [-0.39, 0.29) is 31.5 Å². The van der Waals surface area contributed by atoms with E-state index in [1.165, 1.54) is 11.8 Å². The molecule has 3 N–H and O–H groups in total. The molecule has 2 rings (SSSR count). The zero-order valence-corrected chi connectivity index (χ0v) is 13.2. The summed E-state index contributed by atoms with van der Waals surface area (Å²) in [6.07, 6.45) is 0.806. The van der Waals surface area contributed by atoms with E-state index in [4.69, 9.17) is 14.7 Å². The molecule has 0 saturated carbocycles. The van der Waals surface area contributed by atoms with Crippen LogP contribution >= 0.6 is 0 Å². The third kappa shape index (κ3) is 4.30. The Kier molecular flexibility index (Phi) is 5.06. The van der Waals surface area contributed by atoms with Crippen molar-refractivity contribution in [1.82, 2.24) is 15.3 Å². The van der Waals surface area contributed by atoms with Crippen molar-refractivity contribution in [2.45, 2.75) is 31.8 Å². The van der Waals surface area contributed by atoms with Crippen LogP contribution in [0.3, 0.4) is 0 Å². The second kappa shape index (κ2) is 6.68. The monoisotopic (exact) mass is 350 g/mol. The molecule has 23 heavy (non-hydrogen) atoms. The highest BCUT2D eigenvalue weighted by atomic mass is 32.3. The SMILES string of the molecule is CC(=O)NCCOC(=N)[C@@H]1CC[C@@H]2CN1C(=O)N2OS(=O)(=O)O. The van der Waals surface area contributed by atoms with Crippen LogP contribution in [0.15, 0.2) is 0 Å². The molecule has 130 valence electrons. The zero-order valence-electron chi connectivity index (χ0n) is 12.4. The number of rotatable bonds is 6. The number of nitrogens with one attached hydrogen (secondary N) is 2. The van der Waals surface area contributed by atoms with Crippen molar-refractivity contribution < 1.29 is 31.6 Å². The van der Waals surface area contributed by atoms with E-state index in [1.54, 1.807) is 0 Å². The average molecular weight is 350 g/mol. The quantitative estimate of drug-likeness (QED) is 0.244. The van der Waals surface area contributed by atoms with Crippen LogP contribution in [0.5, 0.6) is 0 Å². The highest BCUT2D eigenvalue weighted by Gasteiger charge is 2.48. The van der Waals surface area contributed by atoms with Gasteiger partial charge in [-0.25, -0.2) is 4.79 Å². The lowest BCUT2D eigenvalue weighted by molar-refractivity contribution is -0.119. The van der Waals surface area contributed by atoms with Gasteiger partial charge < -0.3 is 15.0 Å². The molecule has 11 nitrogen and oxygen atoms in total. The molecular weight excluding hydrogens is 332 g/mol. The van der Waals surface area contributed by atoms with Crippen molar-refractivity contribution in [3.05, 3.63) is 0 Å². The zero-order chi connectivity index (χ0) is 17.2. The molecule has 0 unspecified atom stereocenters. The molecule has 2 fully saturated rings. The van der Waals surface area contributed by atoms with Crippen molar-refractivity contribution in [2.75, 3.05) is 19.7 Å². The Balaban J connectivity index is 1.93. The Morgan fingerprint density at radius 3 is 2.78 bits per heavy atom. The summed E-state index contributed by atoms with van der Waals surface area (Å²) in [6, 6.07) is -1.88. The highest BCUT2D eigenvalue weighted by molar-refractivity contribution is 7.80. The first-order valence-electron chi connectivity index (χ1n) is 6.91. The topological polar surface area (TPSA) is 149 Å². The summed E-state index contributed by atoms with van der Waals surface area (Å²) < 4.78 is 39.8. The van der Waals surface area contributed by atoms with Crippen molar-refractivity contribution in [1.29, 1.82) is 5.41 Å². The molecule has 2 saturated heterocycles. The molecule has 3 amide bonds. The normalized spacial score (nSPS) is 23.8. The first kappa shape index (κ1) is 17.4. The maximum atomic E-state index is 12.1. The lowest BCUT2D eigenvalue weighted by Crippen LogP contribution is -2.46. The molecule has 0 aromatic heterocycles. The maximum Gasteiger partial charge on any atom is 0.418 e. The first-order chi connectivity index (χ1) is 10.7. The van der Waals surface area contributed by atoms with Gasteiger partial charge in [0.1, 0.15) is 12.6 Å². The Morgan fingerprint density at radius 1 is 1.48 bits per heavy atom. The van der Waals surface area contributed by atoms with Crippen LogP contribution < -0.4 is 5.32 Å². The smallest absolute Gasteiger partial charge is 0.418 e. The Bertz CT molecular complexity index is 607. The first-order valence-corrected chi connectivity index (χ1v) is 8.28. The molecule has 2 bridgehead atoms. The number of hydroxylamine groups is 2. The number of ether oxygens (including phenoxy) is 1. The Hall–Kier alpha value is -1.92. The van der Waals surface area contributed by atoms with Gasteiger partial charge in [0.05, 0.1) is 12.6 Å². The van der Waals surface area contributed by atoms with Gasteiger partial charge in [0, 0.05) is 13.5 Å². The van der Waals surface area contributed by atoms with Crippen molar-refractivity contribution in [3.8, 4) is 0 Å². The van der Waals surface area contributed by atoms with Gasteiger partial charge in [0.2, 0.25) is 11.8 Å². The standard InChI is InChI=1S/C11H18N4O7S/c1-7(16)13-4-5-21-10(12)9-3-2-8-6-14(9)11(17)15(8)22-23(18,19)20/h8-9,12H,2-6H2,1H3,(H,13,16)(H,18,19,20)/t8-,9+/m1/s1. The molecule has 0 spiro atoms. The summed E-state index contributed by atoms with van der Waals surface area (Å²) in [5.74, 6) is -0.357. The van der Waals surface area contributed by atoms with Crippen LogP contribution in [-0.2, 0) is 24.2 Å². The second-order valence-corrected chi connectivity index (χ2v) is 6.21. The number of amides is 3. The van der Waals surface area contributed by atoms with Gasteiger partial charge in [-0.3, -0.25) is 14.8 Å². The van der Waals surface area contributed by atoms with Gasteiger partial charge in [0.15, 0.2) is 0 Å². The molecule has 0 aromatic carbocycles. The summed E-state index contributed by atoms with van der Waals surface area (Å²) in [5, 5.41) is 11.0. The number of piperidine rings is 1. The van der Waals surface area contributed by atoms with Crippen molar-refractivity contribution in [2.24, 2.45) is 0 Å². The van der Waals surface area contributed by atoms with E-state index in [0.29, 0.717) is 17.9 Å². The van der Waals surface area contributed by atoms with E-state index in [1.807, 2.05) is 0 Å². The number of nitrogens with zero attached hydrogens (tertiary/aromatic N) is 2. The van der Waals surface area contributed by atoms with Gasteiger partial charge in [-0.2, -0.15) is 13.5 Å². The molecule has 2 aliphatic rings. The minimum absolute atomic E-state index is 0.0889. The molecule has 0 aromatic rings. The number of hydrogen-bond donors (Lipinski definition) is 3. The molecule has 0 radical (unpaired) electrons. The summed E-state index contributed by atoms with van der Waals surface area (Å²) >= 11 is 0. The van der Waals surface area contributed by atoms with Gasteiger partial charge in [0.25, 0.3) is 0 Å². The van der Waals surface area contributed by atoms with E-state index < -0.39 is 28.5 Å². The largest absolute Gasteiger partial charge is 0.478 e. The molecular formula is C11H18N4O7S. The predicted molar refractivity (Wildman–Crippen MR) is 75.7 cm³/mol. The lowest BCUT2D eigenvalue weighted by atomic mass is 10.0. The summed E-state index contributed by atoms with van der Waals surface area (Å²) in [6.45, 7) is 1.86. The fourth-order valence-corrected chi connectivity index (χ4v) is 2.98. The van der Waals surface area contributed by atoms with Crippen LogP contribution in [0.25, 0.3) is 0 Å². The fourth-order valence-electron chi connectivity index (χ4n) is 2.59. The van der Waals surface area contributed by atoms with Crippen LogP contribution in [-0.4, -0.2) is 72.5 Å². The maximum absolute atomic E-state index is 12.1. The van der Waals surface area contributed by atoms with E-state index >= 15 is 0 Å². The number of fused-ring (bicyclic) bond motifs is 2. The van der Waals surface area contributed by atoms with Crippen molar-refractivity contribution >= 4 is 28.2 Å². The van der Waals surface area contributed by atoms with Gasteiger partial charge in [-0.1, -0.05) is 0 Å². The van der Waals surface area contributed by atoms with Crippen LogP contribution in [0.2, 0.25) is 0 Å². The number of carbonyl (C=O) groups is 2. The number of urea groups is 1. The third-order valence-corrected chi connectivity index (χ3v) is 3.88. The third-order valence-electron chi connectivity index (χ3n) is 3.53. The molecule has 12 heteroatoms. The van der Waals surface area contributed by atoms with Gasteiger partial charge >= 0.3 is 16.4 Å². The van der Waals surface area contributed by atoms with E-state index in [2.05, 4.69) is 9.60 Å². The van der Waals surface area contributed by atoms with Crippen LogP contribution in [0.1, 0.15) is 19.8 Å². The van der Waals surface area contributed by atoms with Gasteiger partial charge in [-0.15, -0.1) is 4.28 Å². The molecule has 2 heterocycles. The van der Waals surface area contributed by atoms with Crippen molar-refractivity contribution in [3.63, 3.8) is 0 Å². The summed E-state index contributed by atoms with van der Waals surface area (Å²) in [7, 11) is -4.79. The second-order valence-electron chi connectivity index (χ2n) is 5.21. The van der Waals surface area contributed by atoms with E-state index in [9.17, 15) is 18.0 Å². The number of carbonyl (C=O) groups excluding carboxylic acids is 2.